The van der Waals surface area contributed by atoms with Crippen LogP contribution in [0.3, 0.4) is 0 Å². The van der Waals surface area contributed by atoms with E-state index >= 15 is 0 Å². The lowest BCUT2D eigenvalue weighted by Crippen LogP contribution is -2.50. The second-order valence-corrected chi connectivity index (χ2v) is 7.59. The van der Waals surface area contributed by atoms with Crippen molar-refractivity contribution in [1.29, 1.82) is 0 Å². The minimum atomic E-state index is 0. The summed E-state index contributed by atoms with van der Waals surface area (Å²) in [5.41, 5.74) is 0. The van der Waals surface area contributed by atoms with E-state index < -0.39 is 0 Å². The van der Waals surface area contributed by atoms with Gasteiger partial charge in [-0.25, -0.2) is 0 Å². The second-order valence-electron chi connectivity index (χ2n) is 7.59. The predicted octanol–water partition coefficient (Wildman–Crippen LogP) is 1.69. The lowest BCUT2D eigenvalue weighted by Gasteiger charge is -2.35. The zero-order chi connectivity index (χ0) is 20.8. The van der Waals surface area contributed by atoms with Gasteiger partial charge in [0, 0.05) is 66.3 Å². The van der Waals surface area contributed by atoms with Crippen molar-refractivity contribution in [2.24, 2.45) is 10.9 Å². The molecule has 0 radical (unpaired) electrons. The van der Waals surface area contributed by atoms with Crippen LogP contribution in [0.2, 0.25) is 0 Å². The number of carbonyl (C=O) groups excluding carboxylic acids is 2. The number of hydrogen-bond acceptors (Lipinski definition) is 4. The van der Waals surface area contributed by atoms with Crippen molar-refractivity contribution in [3.8, 4) is 0 Å². The molecule has 1 aliphatic rings. The summed E-state index contributed by atoms with van der Waals surface area (Å²) >= 11 is 0. The first kappa shape index (κ1) is 27.9. The maximum atomic E-state index is 12.4. The van der Waals surface area contributed by atoms with Crippen LogP contribution < -0.4 is 10.6 Å². The highest BCUT2D eigenvalue weighted by Crippen LogP contribution is 2.10. The summed E-state index contributed by atoms with van der Waals surface area (Å²) in [6.07, 6.45) is 4.06. The summed E-state index contributed by atoms with van der Waals surface area (Å²) in [7, 11) is 3.42. The first-order valence-corrected chi connectivity index (χ1v) is 10.5. The van der Waals surface area contributed by atoms with Gasteiger partial charge >= 0.3 is 0 Å². The first-order valence-electron chi connectivity index (χ1n) is 10.5. The summed E-state index contributed by atoms with van der Waals surface area (Å²) in [6, 6.07) is 0. The zero-order valence-corrected chi connectivity index (χ0v) is 20.9. The van der Waals surface area contributed by atoms with Crippen LogP contribution in [0.25, 0.3) is 0 Å². The standard InChI is InChI=1S/C20H39N5O3.HI/c1-17(2)16-19(27)25-13-11-24(12-14-25)18(26)8-6-5-7-9-22-20(21-3)23-10-15-28-4;/h17H,5-16H2,1-4H3,(H2,21,22,23);1H. The van der Waals surface area contributed by atoms with E-state index in [9.17, 15) is 9.59 Å². The summed E-state index contributed by atoms with van der Waals surface area (Å²) in [5.74, 6) is 1.57. The number of guanidine groups is 1. The zero-order valence-electron chi connectivity index (χ0n) is 18.5. The Morgan fingerprint density at radius 3 is 2.10 bits per heavy atom. The van der Waals surface area contributed by atoms with Crippen molar-refractivity contribution in [2.75, 3.05) is 60.0 Å². The molecule has 0 unspecified atom stereocenters. The van der Waals surface area contributed by atoms with Crippen molar-refractivity contribution < 1.29 is 14.3 Å². The normalized spacial score (nSPS) is 14.6. The van der Waals surface area contributed by atoms with Crippen molar-refractivity contribution in [3.63, 3.8) is 0 Å². The molecule has 9 heteroatoms. The minimum absolute atomic E-state index is 0. The molecule has 29 heavy (non-hydrogen) atoms. The molecule has 1 heterocycles. The largest absolute Gasteiger partial charge is 0.383 e. The van der Waals surface area contributed by atoms with Gasteiger partial charge < -0.3 is 25.2 Å². The predicted molar refractivity (Wildman–Crippen MR) is 128 cm³/mol. The van der Waals surface area contributed by atoms with Gasteiger partial charge in [0.15, 0.2) is 5.96 Å². The third-order valence-electron chi connectivity index (χ3n) is 4.75. The van der Waals surface area contributed by atoms with E-state index in [2.05, 4.69) is 29.5 Å². The lowest BCUT2D eigenvalue weighted by molar-refractivity contribution is -0.140. The number of amides is 2. The number of hydrogen-bond donors (Lipinski definition) is 2. The number of ether oxygens (including phenoxy) is 1. The van der Waals surface area contributed by atoms with Gasteiger partial charge in [0.05, 0.1) is 6.61 Å². The minimum Gasteiger partial charge on any atom is -0.383 e. The molecule has 0 spiro atoms. The number of unbranched alkanes of at least 4 members (excludes halogenated alkanes) is 2. The molecule has 1 rings (SSSR count). The molecular weight excluding hydrogens is 485 g/mol. The molecule has 2 N–H and O–H groups in total. The topological polar surface area (TPSA) is 86.3 Å². The summed E-state index contributed by atoms with van der Waals surface area (Å²) in [6.45, 7) is 8.96. The van der Waals surface area contributed by atoms with Gasteiger partial charge in [-0.15, -0.1) is 24.0 Å². The van der Waals surface area contributed by atoms with E-state index in [4.69, 9.17) is 4.74 Å². The molecule has 0 aromatic carbocycles. The number of rotatable bonds is 11. The maximum Gasteiger partial charge on any atom is 0.222 e. The van der Waals surface area contributed by atoms with Gasteiger partial charge in [-0.3, -0.25) is 14.6 Å². The Morgan fingerprint density at radius 1 is 0.966 bits per heavy atom. The van der Waals surface area contributed by atoms with Gasteiger partial charge in [-0.2, -0.15) is 0 Å². The van der Waals surface area contributed by atoms with Crippen LogP contribution in [0.15, 0.2) is 4.99 Å². The fraction of sp³-hybridized carbons (Fsp3) is 0.850. The molecule has 8 nitrogen and oxygen atoms in total. The van der Waals surface area contributed by atoms with Gasteiger partial charge in [0.2, 0.25) is 11.8 Å². The second kappa shape index (κ2) is 16.7. The van der Waals surface area contributed by atoms with Gasteiger partial charge in [-0.05, 0) is 18.8 Å². The van der Waals surface area contributed by atoms with Crippen LogP contribution in [0.1, 0.15) is 46.0 Å². The highest BCUT2D eigenvalue weighted by atomic mass is 127. The highest BCUT2D eigenvalue weighted by molar-refractivity contribution is 14.0. The van der Waals surface area contributed by atoms with Crippen molar-refractivity contribution in [3.05, 3.63) is 0 Å². The summed E-state index contributed by atoms with van der Waals surface area (Å²) < 4.78 is 5.00. The highest BCUT2D eigenvalue weighted by Gasteiger charge is 2.23. The molecule has 0 aromatic rings. The van der Waals surface area contributed by atoms with Gasteiger partial charge in [0.25, 0.3) is 0 Å². The molecule has 1 saturated heterocycles. The van der Waals surface area contributed by atoms with E-state index in [1.165, 1.54) is 0 Å². The van der Waals surface area contributed by atoms with Gasteiger partial charge in [0.1, 0.15) is 0 Å². The Balaban J connectivity index is 0.00000784. The van der Waals surface area contributed by atoms with Crippen LogP contribution >= 0.6 is 24.0 Å². The van der Waals surface area contributed by atoms with Crippen LogP contribution in [0, 0.1) is 5.92 Å². The van der Waals surface area contributed by atoms with E-state index in [0.717, 1.165) is 38.3 Å². The number of nitrogens with one attached hydrogen (secondary N) is 2. The molecule has 170 valence electrons. The number of nitrogens with zero attached hydrogens (tertiary/aromatic N) is 3. The number of halogens is 1. The smallest absolute Gasteiger partial charge is 0.222 e. The van der Waals surface area contributed by atoms with Gasteiger partial charge in [-0.1, -0.05) is 20.3 Å². The molecule has 0 aromatic heterocycles. The number of carbonyl (C=O) groups is 2. The van der Waals surface area contributed by atoms with E-state index in [1.54, 1.807) is 14.2 Å². The Kier molecular flexibility index (Phi) is 16.0. The monoisotopic (exact) mass is 525 g/mol. The third kappa shape index (κ3) is 12.2. The van der Waals surface area contributed by atoms with Crippen LogP contribution in [0.5, 0.6) is 0 Å². The van der Waals surface area contributed by atoms with Crippen LogP contribution in [-0.2, 0) is 14.3 Å². The lowest BCUT2D eigenvalue weighted by atomic mass is 10.1. The molecule has 2 amide bonds. The molecule has 0 saturated carbocycles. The molecule has 1 aliphatic heterocycles. The van der Waals surface area contributed by atoms with Crippen LogP contribution in [0.4, 0.5) is 0 Å². The van der Waals surface area contributed by atoms with Crippen molar-refractivity contribution in [1.82, 2.24) is 20.4 Å². The molecule has 0 bridgehead atoms. The van der Waals surface area contributed by atoms with E-state index in [0.29, 0.717) is 51.5 Å². The Hall–Kier alpha value is -1.10. The van der Waals surface area contributed by atoms with E-state index in [1.807, 2.05) is 9.80 Å². The SMILES string of the molecule is CN=C(NCCCCCC(=O)N1CCN(C(=O)CC(C)C)CC1)NCCOC.I. The Bertz CT molecular complexity index is 495. The average Bonchev–Trinajstić information content (AvgIpc) is 2.68. The summed E-state index contributed by atoms with van der Waals surface area (Å²) in [4.78, 5) is 32.4. The van der Waals surface area contributed by atoms with Crippen molar-refractivity contribution in [2.45, 2.75) is 46.0 Å². The molecule has 1 fully saturated rings. The third-order valence-corrected chi connectivity index (χ3v) is 4.75. The fourth-order valence-corrected chi connectivity index (χ4v) is 3.12. The molecular formula is C20H40IN5O3. The maximum absolute atomic E-state index is 12.4. The fourth-order valence-electron chi connectivity index (χ4n) is 3.12. The summed E-state index contributed by atoms with van der Waals surface area (Å²) in [5, 5.41) is 6.43. The number of methoxy groups -OCH3 is 1. The molecule has 0 aliphatic carbocycles. The quantitative estimate of drug-likeness (QED) is 0.186. The Morgan fingerprint density at radius 2 is 1.55 bits per heavy atom. The number of piperazine rings is 1. The average molecular weight is 525 g/mol. The van der Waals surface area contributed by atoms with Crippen LogP contribution in [-0.4, -0.2) is 87.6 Å². The number of aliphatic imine (C=N–C) groups is 1. The molecule has 0 atom stereocenters. The first-order chi connectivity index (χ1) is 13.5. The van der Waals surface area contributed by atoms with Crippen molar-refractivity contribution >= 4 is 41.8 Å². The Labute approximate surface area is 193 Å². The van der Waals surface area contributed by atoms with E-state index in [-0.39, 0.29) is 35.8 Å².